The second kappa shape index (κ2) is 6.51. The van der Waals surface area contributed by atoms with Crippen molar-refractivity contribution < 1.29 is 27.4 Å². The lowest BCUT2D eigenvalue weighted by atomic mass is 10.2. The van der Waals surface area contributed by atoms with E-state index in [2.05, 4.69) is 0 Å². The van der Waals surface area contributed by atoms with Gasteiger partial charge < -0.3 is 9.47 Å². The van der Waals surface area contributed by atoms with Gasteiger partial charge in [-0.3, -0.25) is 0 Å². The Bertz CT molecular complexity index is 666. The van der Waals surface area contributed by atoms with E-state index in [9.17, 15) is 18.0 Å². The summed E-state index contributed by atoms with van der Waals surface area (Å²) < 4.78 is 48.4. The molecule has 0 saturated carbocycles. The number of carbonyl (C=O) groups is 1. The van der Waals surface area contributed by atoms with Crippen molar-refractivity contribution in [1.29, 1.82) is 0 Å². The molecular weight excluding hydrogens is 297 g/mol. The van der Waals surface area contributed by atoms with E-state index >= 15 is 0 Å². The molecule has 0 amide bonds. The molecule has 0 unspecified atom stereocenters. The van der Waals surface area contributed by atoms with E-state index in [0.29, 0.717) is 0 Å². The predicted octanol–water partition coefficient (Wildman–Crippen LogP) is 4.67. The maximum atomic E-state index is 12.7. The molecule has 0 aliphatic carbocycles. The molecule has 0 saturated heterocycles. The van der Waals surface area contributed by atoms with Gasteiger partial charge in [-0.25, -0.2) is 4.79 Å². The molecule has 0 fully saturated rings. The summed E-state index contributed by atoms with van der Waals surface area (Å²) in [7, 11) is 0. The second-order valence-corrected chi connectivity index (χ2v) is 4.34. The molecule has 0 atom stereocenters. The van der Waals surface area contributed by atoms with Gasteiger partial charge in [-0.2, -0.15) is 13.2 Å². The summed E-state index contributed by atoms with van der Waals surface area (Å²) >= 11 is 0. The summed E-state index contributed by atoms with van der Waals surface area (Å²) in [6, 6.07) is 10.7. The quantitative estimate of drug-likeness (QED) is 0.770. The maximum Gasteiger partial charge on any atom is 0.416 e. The number of alkyl halides is 3. The Morgan fingerprint density at radius 2 is 1.82 bits per heavy atom. The highest BCUT2D eigenvalue weighted by atomic mass is 19.4. The van der Waals surface area contributed by atoms with Crippen molar-refractivity contribution >= 4 is 5.97 Å². The van der Waals surface area contributed by atoms with Gasteiger partial charge in [0.25, 0.3) is 0 Å². The van der Waals surface area contributed by atoms with Gasteiger partial charge in [-0.1, -0.05) is 18.2 Å². The van der Waals surface area contributed by atoms with Gasteiger partial charge in [0.2, 0.25) is 0 Å². The standard InChI is InChI=1S/C16H13F3O3/c1-2-21-15(20)13-8-3-4-9-14(13)22-12-7-5-6-11(10-12)16(17,18)19/h3-10H,2H2,1H3. The zero-order chi connectivity index (χ0) is 16.2. The number of ether oxygens (including phenoxy) is 2. The normalized spacial score (nSPS) is 11.1. The molecule has 3 nitrogen and oxygen atoms in total. The van der Waals surface area contributed by atoms with Crippen molar-refractivity contribution in [3.05, 3.63) is 59.7 Å². The number of esters is 1. The Morgan fingerprint density at radius 1 is 1.09 bits per heavy atom. The SMILES string of the molecule is CCOC(=O)c1ccccc1Oc1cccc(C(F)(F)F)c1. The lowest BCUT2D eigenvalue weighted by Gasteiger charge is -2.12. The number of hydrogen-bond acceptors (Lipinski definition) is 3. The minimum atomic E-state index is -4.46. The lowest BCUT2D eigenvalue weighted by molar-refractivity contribution is -0.137. The Kier molecular flexibility index (Phi) is 4.70. The van der Waals surface area contributed by atoms with Crippen molar-refractivity contribution in [3.8, 4) is 11.5 Å². The summed E-state index contributed by atoms with van der Waals surface area (Å²) in [4.78, 5) is 11.8. The Hall–Kier alpha value is -2.50. The summed E-state index contributed by atoms with van der Waals surface area (Å²) in [5, 5.41) is 0. The molecule has 0 radical (unpaired) electrons. The first kappa shape index (κ1) is 15.9. The summed E-state index contributed by atoms with van der Waals surface area (Å²) in [6.45, 7) is 1.85. The maximum absolute atomic E-state index is 12.7. The zero-order valence-corrected chi connectivity index (χ0v) is 11.7. The van der Waals surface area contributed by atoms with Crippen LogP contribution in [0.1, 0.15) is 22.8 Å². The third-order valence-corrected chi connectivity index (χ3v) is 2.77. The monoisotopic (exact) mass is 310 g/mol. The summed E-state index contributed by atoms with van der Waals surface area (Å²) in [5.74, 6) is -0.461. The number of hydrogen-bond donors (Lipinski definition) is 0. The second-order valence-electron chi connectivity index (χ2n) is 4.34. The van der Waals surface area contributed by atoms with Crippen LogP contribution in [0.2, 0.25) is 0 Å². The van der Waals surface area contributed by atoms with E-state index in [1.54, 1.807) is 19.1 Å². The Morgan fingerprint density at radius 3 is 2.50 bits per heavy atom. The third kappa shape index (κ3) is 3.78. The minimum absolute atomic E-state index is 0.00780. The van der Waals surface area contributed by atoms with Crippen LogP contribution in [-0.2, 0) is 10.9 Å². The van der Waals surface area contributed by atoms with E-state index in [1.165, 1.54) is 24.3 Å². The first-order chi connectivity index (χ1) is 10.4. The van der Waals surface area contributed by atoms with Crippen LogP contribution in [0.4, 0.5) is 13.2 Å². The molecule has 2 aromatic rings. The number of rotatable bonds is 4. The van der Waals surface area contributed by atoms with Crippen LogP contribution < -0.4 is 4.74 Å². The Labute approximate surface area is 125 Å². The average Bonchev–Trinajstić information content (AvgIpc) is 2.47. The molecule has 0 N–H and O–H groups in total. The fourth-order valence-corrected chi connectivity index (χ4v) is 1.80. The predicted molar refractivity (Wildman–Crippen MR) is 73.9 cm³/mol. The average molecular weight is 310 g/mol. The van der Waals surface area contributed by atoms with E-state index in [4.69, 9.17) is 9.47 Å². The highest BCUT2D eigenvalue weighted by Gasteiger charge is 2.30. The fourth-order valence-electron chi connectivity index (χ4n) is 1.80. The molecule has 116 valence electrons. The molecule has 2 aromatic carbocycles. The van der Waals surface area contributed by atoms with Gasteiger partial charge in [0.1, 0.15) is 17.1 Å². The summed E-state index contributed by atoms with van der Waals surface area (Å²) in [6.07, 6.45) is -4.46. The van der Waals surface area contributed by atoms with Crippen LogP contribution in [0.15, 0.2) is 48.5 Å². The van der Waals surface area contributed by atoms with Crippen LogP contribution in [0, 0.1) is 0 Å². The van der Waals surface area contributed by atoms with Gasteiger partial charge in [0.15, 0.2) is 0 Å². The van der Waals surface area contributed by atoms with E-state index in [1.807, 2.05) is 0 Å². The number of carbonyl (C=O) groups excluding carboxylic acids is 1. The van der Waals surface area contributed by atoms with Crippen LogP contribution in [0.3, 0.4) is 0 Å². The third-order valence-electron chi connectivity index (χ3n) is 2.77. The summed E-state index contributed by atoms with van der Waals surface area (Å²) in [5.41, 5.74) is -0.666. The van der Waals surface area contributed by atoms with Crippen LogP contribution in [0.5, 0.6) is 11.5 Å². The molecule has 0 spiro atoms. The van der Waals surface area contributed by atoms with Gasteiger partial charge in [-0.05, 0) is 37.3 Å². The van der Waals surface area contributed by atoms with Crippen molar-refractivity contribution in [2.75, 3.05) is 6.61 Å². The van der Waals surface area contributed by atoms with Crippen LogP contribution in [0.25, 0.3) is 0 Å². The zero-order valence-electron chi connectivity index (χ0n) is 11.7. The van der Waals surface area contributed by atoms with E-state index in [-0.39, 0.29) is 23.7 Å². The minimum Gasteiger partial charge on any atom is -0.462 e. The van der Waals surface area contributed by atoms with Crippen molar-refractivity contribution in [2.24, 2.45) is 0 Å². The van der Waals surface area contributed by atoms with E-state index in [0.717, 1.165) is 12.1 Å². The van der Waals surface area contributed by atoms with Crippen LogP contribution >= 0.6 is 0 Å². The Balaban J connectivity index is 2.30. The highest BCUT2D eigenvalue weighted by Crippen LogP contribution is 2.33. The lowest BCUT2D eigenvalue weighted by Crippen LogP contribution is -2.07. The molecule has 0 heterocycles. The van der Waals surface area contributed by atoms with Gasteiger partial charge >= 0.3 is 12.1 Å². The van der Waals surface area contributed by atoms with Crippen molar-refractivity contribution in [2.45, 2.75) is 13.1 Å². The van der Waals surface area contributed by atoms with E-state index < -0.39 is 17.7 Å². The molecule has 0 bridgehead atoms. The van der Waals surface area contributed by atoms with Crippen LogP contribution in [-0.4, -0.2) is 12.6 Å². The molecule has 0 aliphatic rings. The number of halogens is 3. The van der Waals surface area contributed by atoms with Gasteiger partial charge in [-0.15, -0.1) is 0 Å². The molecule has 2 rings (SSSR count). The molecule has 22 heavy (non-hydrogen) atoms. The smallest absolute Gasteiger partial charge is 0.416 e. The van der Waals surface area contributed by atoms with Crippen molar-refractivity contribution in [3.63, 3.8) is 0 Å². The molecule has 0 aliphatic heterocycles. The fraction of sp³-hybridized carbons (Fsp3) is 0.188. The largest absolute Gasteiger partial charge is 0.462 e. The molecular formula is C16H13F3O3. The van der Waals surface area contributed by atoms with Gasteiger partial charge in [0, 0.05) is 0 Å². The number of para-hydroxylation sites is 1. The molecule has 0 aromatic heterocycles. The topological polar surface area (TPSA) is 35.5 Å². The highest BCUT2D eigenvalue weighted by molar-refractivity contribution is 5.92. The molecule has 6 heteroatoms. The first-order valence-corrected chi connectivity index (χ1v) is 6.53. The number of benzene rings is 2. The first-order valence-electron chi connectivity index (χ1n) is 6.53. The van der Waals surface area contributed by atoms with Gasteiger partial charge in [0.05, 0.1) is 12.2 Å². The van der Waals surface area contributed by atoms with Crippen molar-refractivity contribution in [1.82, 2.24) is 0 Å².